The number of carbonyl (C=O) groups is 2. The van der Waals surface area contributed by atoms with Gasteiger partial charge < -0.3 is 24.2 Å². The van der Waals surface area contributed by atoms with E-state index in [9.17, 15) is 9.59 Å². The third kappa shape index (κ3) is 4.66. The van der Waals surface area contributed by atoms with Gasteiger partial charge in [-0.3, -0.25) is 9.59 Å². The first-order valence-electron chi connectivity index (χ1n) is 10.8. The summed E-state index contributed by atoms with van der Waals surface area (Å²) in [5, 5.41) is 8.27. The number of carbonyl (C=O) groups excluding carboxylic acids is 2. The molecule has 3 aliphatic heterocycles. The molecule has 30 heavy (non-hydrogen) atoms. The fourth-order valence-electron chi connectivity index (χ4n) is 4.52. The molecule has 9 nitrogen and oxygen atoms in total. The number of nitrogens with zero attached hydrogens (tertiary/aromatic N) is 5. The zero-order valence-electron chi connectivity index (χ0n) is 17.8. The average Bonchev–Trinajstić information content (AvgIpc) is 3.16. The van der Waals surface area contributed by atoms with Crippen LogP contribution in [0.1, 0.15) is 32.1 Å². The number of likely N-dealkylation sites (tertiary alicyclic amines) is 2. The Kier molecular flexibility index (Phi) is 6.36. The normalized spacial score (nSPS) is 25.5. The minimum atomic E-state index is -0.252. The Morgan fingerprint density at radius 3 is 2.67 bits per heavy atom. The number of hydrogen-bond acceptors (Lipinski definition) is 7. The van der Waals surface area contributed by atoms with Crippen LogP contribution in [0.4, 0.5) is 5.82 Å². The van der Waals surface area contributed by atoms with Crippen molar-refractivity contribution >= 4 is 17.6 Å². The summed E-state index contributed by atoms with van der Waals surface area (Å²) in [4.78, 5) is 31.3. The highest BCUT2D eigenvalue weighted by Crippen LogP contribution is 2.27. The molecule has 4 rings (SSSR count). The largest absolute Gasteiger partial charge is 0.471 e. The summed E-state index contributed by atoms with van der Waals surface area (Å²) in [6, 6.07) is 3.89. The number of hydrogen-bond donors (Lipinski definition) is 0. The van der Waals surface area contributed by atoms with Gasteiger partial charge in [0.15, 0.2) is 5.82 Å². The van der Waals surface area contributed by atoms with Gasteiger partial charge in [-0.1, -0.05) is 0 Å². The molecule has 164 valence electrons. The van der Waals surface area contributed by atoms with Crippen LogP contribution in [0, 0.1) is 5.92 Å². The number of aromatic nitrogens is 2. The molecule has 2 unspecified atom stereocenters. The second kappa shape index (κ2) is 9.16. The minimum Gasteiger partial charge on any atom is -0.471 e. The molecule has 0 bridgehead atoms. The third-order valence-electron chi connectivity index (χ3n) is 6.20. The molecule has 0 spiro atoms. The van der Waals surface area contributed by atoms with Crippen molar-refractivity contribution in [3.63, 3.8) is 0 Å². The van der Waals surface area contributed by atoms with E-state index in [2.05, 4.69) is 10.2 Å². The molecule has 3 saturated heterocycles. The molecule has 0 aromatic carbocycles. The van der Waals surface area contributed by atoms with E-state index in [1.807, 2.05) is 40.9 Å². The van der Waals surface area contributed by atoms with Crippen LogP contribution in [0.5, 0.6) is 5.88 Å². The van der Waals surface area contributed by atoms with Gasteiger partial charge in [-0.05, 0) is 31.7 Å². The summed E-state index contributed by atoms with van der Waals surface area (Å²) in [6.07, 6.45) is 3.68. The lowest BCUT2D eigenvalue weighted by Crippen LogP contribution is -2.47. The molecule has 1 aromatic rings. The third-order valence-corrected chi connectivity index (χ3v) is 6.20. The quantitative estimate of drug-likeness (QED) is 0.704. The summed E-state index contributed by atoms with van der Waals surface area (Å²) < 4.78 is 11.4. The molecule has 4 heterocycles. The fraction of sp³-hybridized carbons (Fsp3) is 0.714. The first-order valence-corrected chi connectivity index (χ1v) is 10.8. The zero-order chi connectivity index (χ0) is 21.1. The van der Waals surface area contributed by atoms with Gasteiger partial charge >= 0.3 is 0 Å². The van der Waals surface area contributed by atoms with E-state index in [1.54, 1.807) is 0 Å². The second-order valence-electron chi connectivity index (χ2n) is 8.58. The SMILES string of the molecule is CN(C)c1ccc(OC2CCCN(C(=O)C3CC(=O)N(C4CCOCC4)C3)C2)nn1. The van der Waals surface area contributed by atoms with Gasteiger partial charge in [-0.25, -0.2) is 0 Å². The summed E-state index contributed by atoms with van der Waals surface area (Å²) in [5.74, 6) is 1.16. The monoisotopic (exact) mass is 417 g/mol. The van der Waals surface area contributed by atoms with Crippen LogP contribution >= 0.6 is 0 Å². The fourth-order valence-corrected chi connectivity index (χ4v) is 4.52. The Labute approximate surface area is 177 Å². The van der Waals surface area contributed by atoms with Gasteiger partial charge in [-0.2, -0.15) is 0 Å². The lowest BCUT2D eigenvalue weighted by Gasteiger charge is -2.34. The van der Waals surface area contributed by atoms with Crippen molar-refractivity contribution in [3.8, 4) is 5.88 Å². The number of amides is 2. The number of rotatable bonds is 5. The van der Waals surface area contributed by atoms with E-state index >= 15 is 0 Å². The Morgan fingerprint density at radius 1 is 1.17 bits per heavy atom. The summed E-state index contributed by atoms with van der Waals surface area (Å²) >= 11 is 0. The van der Waals surface area contributed by atoms with Crippen LogP contribution in [-0.2, 0) is 14.3 Å². The first kappa shape index (κ1) is 20.8. The van der Waals surface area contributed by atoms with Gasteiger partial charge in [0.05, 0.1) is 12.5 Å². The van der Waals surface area contributed by atoms with Crippen molar-refractivity contribution in [1.29, 1.82) is 0 Å². The van der Waals surface area contributed by atoms with Gasteiger partial charge in [-0.15, -0.1) is 10.2 Å². The van der Waals surface area contributed by atoms with Crippen LogP contribution in [-0.4, -0.2) is 90.9 Å². The maximum Gasteiger partial charge on any atom is 0.233 e. The summed E-state index contributed by atoms with van der Waals surface area (Å²) in [7, 11) is 3.82. The van der Waals surface area contributed by atoms with Crippen LogP contribution < -0.4 is 9.64 Å². The number of ether oxygens (including phenoxy) is 2. The van der Waals surface area contributed by atoms with Crippen molar-refractivity contribution in [2.24, 2.45) is 5.92 Å². The molecular weight excluding hydrogens is 386 g/mol. The highest BCUT2D eigenvalue weighted by molar-refractivity contribution is 5.89. The van der Waals surface area contributed by atoms with Crippen LogP contribution in [0.2, 0.25) is 0 Å². The molecule has 0 N–H and O–H groups in total. The average molecular weight is 418 g/mol. The van der Waals surface area contributed by atoms with Gasteiger partial charge in [0.1, 0.15) is 6.10 Å². The molecule has 3 aliphatic rings. The lowest BCUT2D eigenvalue weighted by molar-refractivity contribution is -0.138. The van der Waals surface area contributed by atoms with Gasteiger partial charge in [0, 0.05) is 58.9 Å². The Hall–Kier alpha value is -2.42. The highest BCUT2D eigenvalue weighted by atomic mass is 16.5. The van der Waals surface area contributed by atoms with Crippen molar-refractivity contribution in [3.05, 3.63) is 12.1 Å². The van der Waals surface area contributed by atoms with E-state index < -0.39 is 0 Å². The Balaban J connectivity index is 1.32. The molecule has 1 aromatic heterocycles. The Morgan fingerprint density at radius 2 is 1.97 bits per heavy atom. The number of anilines is 1. The highest BCUT2D eigenvalue weighted by Gasteiger charge is 2.40. The maximum atomic E-state index is 13.1. The predicted octanol–water partition coefficient (Wildman–Crippen LogP) is 0.940. The second-order valence-corrected chi connectivity index (χ2v) is 8.58. The van der Waals surface area contributed by atoms with E-state index in [0.29, 0.717) is 45.1 Å². The molecular formula is C21H31N5O4. The van der Waals surface area contributed by atoms with Gasteiger partial charge in [0.25, 0.3) is 0 Å². The molecule has 2 amide bonds. The smallest absolute Gasteiger partial charge is 0.233 e. The first-order chi connectivity index (χ1) is 14.5. The maximum absolute atomic E-state index is 13.1. The Bertz CT molecular complexity index is 750. The summed E-state index contributed by atoms with van der Waals surface area (Å²) in [5.41, 5.74) is 0. The molecule has 0 saturated carbocycles. The molecule has 9 heteroatoms. The topological polar surface area (TPSA) is 88.1 Å². The van der Waals surface area contributed by atoms with Gasteiger partial charge in [0.2, 0.25) is 17.7 Å². The van der Waals surface area contributed by atoms with Crippen molar-refractivity contribution in [2.45, 2.75) is 44.2 Å². The minimum absolute atomic E-state index is 0.0697. The molecule has 0 radical (unpaired) electrons. The lowest BCUT2D eigenvalue weighted by atomic mass is 10.0. The standard InChI is InChI=1S/C21H31N5O4/c1-24(2)18-5-6-19(23-22-18)30-17-4-3-9-25(14-17)21(28)15-12-20(27)26(13-15)16-7-10-29-11-8-16/h5-6,15-17H,3-4,7-14H2,1-2H3. The summed E-state index contributed by atoms with van der Waals surface area (Å²) in [6.45, 7) is 3.15. The molecule has 0 aliphatic carbocycles. The van der Waals surface area contributed by atoms with Crippen LogP contribution in [0.3, 0.4) is 0 Å². The van der Waals surface area contributed by atoms with Crippen molar-refractivity contribution in [2.75, 3.05) is 51.8 Å². The van der Waals surface area contributed by atoms with E-state index in [1.165, 1.54) is 0 Å². The number of piperidine rings is 1. The van der Waals surface area contributed by atoms with E-state index in [-0.39, 0.29) is 29.9 Å². The van der Waals surface area contributed by atoms with E-state index in [4.69, 9.17) is 9.47 Å². The molecule has 3 fully saturated rings. The predicted molar refractivity (Wildman–Crippen MR) is 110 cm³/mol. The van der Waals surface area contributed by atoms with Crippen molar-refractivity contribution in [1.82, 2.24) is 20.0 Å². The van der Waals surface area contributed by atoms with Crippen LogP contribution in [0.15, 0.2) is 12.1 Å². The van der Waals surface area contributed by atoms with Crippen molar-refractivity contribution < 1.29 is 19.1 Å². The van der Waals surface area contributed by atoms with Crippen LogP contribution in [0.25, 0.3) is 0 Å². The zero-order valence-corrected chi connectivity index (χ0v) is 17.8. The molecule has 2 atom stereocenters. The van der Waals surface area contributed by atoms with E-state index in [0.717, 1.165) is 31.5 Å².